The second kappa shape index (κ2) is 7.04. The van der Waals surface area contributed by atoms with Crippen LogP contribution in [0.25, 0.3) is 6.08 Å². The van der Waals surface area contributed by atoms with E-state index in [-0.39, 0.29) is 0 Å². The third kappa shape index (κ3) is 2.77. The number of hydrogen-bond acceptors (Lipinski definition) is 4. The number of carbonyl (C=O) groups excluding carboxylic acids is 2. The van der Waals surface area contributed by atoms with Gasteiger partial charge in [0.25, 0.3) is 0 Å². The highest BCUT2D eigenvalue weighted by Crippen LogP contribution is 2.71. The predicted molar refractivity (Wildman–Crippen MR) is 93.0 cm³/mol. The van der Waals surface area contributed by atoms with E-state index in [1.165, 1.54) is 14.2 Å². The molecule has 1 unspecified atom stereocenters. The monoisotopic (exact) mass is 328 g/mol. The van der Waals surface area contributed by atoms with E-state index in [1.54, 1.807) is 0 Å². The van der Waals surface area contributed by atoms with Crippen molar-refractivity contribution in [2.75, 3.05) is 14.2 Å². The van der Waals surface area contributed by atoms with Crippen LogP contribution in [0.5, 0.6) is 0 Å². The summed E-state index contributed by atoms with van der Waals surface area (Å²) in [7, 11) is 2.59. The smallest absolute Gasteiger partial charge is 0.324 e. The Kier molecular flexibility index (Phi) is 5.27. The molecule has 0 amide bonds. The molecule has 1 aromatic carbocycles. The zero-order chi connectivity index (χ0) is 17.8. The minimum absolute atomic E-state index is 0.380. The quantitative estimate of drug-likeness (QED) is 0.434. The number of allylic oxidation sites excluding steroid dienone is 2. The van der Waals surface area contributed by atoms with Gasteiger partial charge in [0.05, 0.1) is 14.2 Å². The fraction of sp³-hybridized carbons (Fsp3) is 0.400. The van der Waals surface area contributed by atoms with Gasteiger partial charge in [-0.1, -0.05) is 62.4 Å². The first kappa shape index (κ1) is 18.0. The largest absolute Gasteiger partial charge is 0.468 e. The highest BCUT2D eigenvalue weighted by Gasteiger charge is 2.78. The Morgan fingerprint density at radius 3 is 2.25 bits per heavy atom. The molecule has 0 N–H and O–H groups in total. The maximum absolute atomic E-state index is 12.4. The third-order valence-corrected chi connectivity index (χ3v) is 4.89. The van der Waals surface area contributed by atoms with Crippen LogP contribution in [-0.2, 0) is 19.1 Å². The molecule has 0 spiro atoms. The normalized spacial score (nSPS) is 21.3. The van der Waals surface area contributed by atoms with Gasteiger partial charge in [0.15, 0.2) is 5.41 Å². The first-order valence-corrected chi connectivity index (χ1v) is 8.08. The van der Waals surface area contributed by atoms with Crippen molar-refractivity contribution in [2.45, 2.75) is 26.2 Å². The maximum atomic E-state index is 12.4. The summed E-state index contributed by atoms with van der Waals surface area (Å²) in [6, 6.07) is 9.82. The zero-order valence-electron chi connectivity index (χ0n) is 14.5. The van der Waals surface area contributed by atoms with Crippen molar-refractivity contribution in [2.24, 2.45) is 10.8 Å². The number of methoxy groups -OCH3 is 2. The molecule has 0 radical (unpaired) electrons. The fourth-order valence-electron chi connectivity index (χ4n) is 3.57. The molecule has 4 nitrogen and oxygen atoms in total. The molecule has 1 atom stereocenters. The zero-order valence-corrected chi connectivity index (χ0v) is 14.5. The first-order valence-electron chi connectivity index (χ1n) is 8.08. The van der Waals surface area contributed by atoms with E-state index in [2.05, 4.69) is 6.58 Å². The Bertz CT molecular complexity index is 643. The van der Waals surface area contributed by atoms with Crippen LogP contribution in [0, 0.1) is 10.8 Å². The second-order valence-electron chi connectivity index (χ2n) is 6.17. The number of benzene rings is 1. The van der Waals surface area contributed by atoms with Gasteiger partial charge in [-0.15, -0.1) is 0 Å². The van der Waals surface area contributed by atoms with Crippen molar-refractivity contribution in [1.29, 1.82) is 0 Å². The summed E-state index contributed by atoms with van der Waals surface area (Å²) in [4.78, 5) is 24.8. The molecule has 1 aromatic rings. The molecule has 0 saturated heterocycles. The molecule has 4 heteroatoms. The van der Waals surface area contributed by atoms with Crippen LogP contribution in [0.15, 0.2) is 48.6 Å². The number of hydrogen-bond donors (Lipinski definition) is 0. The Balaban J connectivity index is 2.35. The van der Waals surface area contributed by atoms with Crippen LogP contribution in [0.3, 0.4) is 0 Å². The summed E-state index contributed by atoms with van der Waals surface area (Å²) < 4.78 is 9.82. The summed E-state index contributed by atoms with van der Waals surface area (Å²) in [5.74, 6) is -1.09. The van der Waals surface area contributed by atoms with Gasteiger partial charge >= 0.3 is 11.9 Å². The highest BCUT2D eigenvalue weighted by atomic mass is 16.5. The van der Waals surface area contributed by atoms with Crippen molar-refractivity contribution >= 4 is 18.0 Å². The van der Waals surface area contributed by atoms with E-state index in [0.29, 0.717) is 12.8 Å². The Morgan fingerprint density at radius 2 is 1.75 bits per heavy atom. The molecule has 0 heterocycles. The van der Waals surface area contributed by atoms with Crippen molar-refractivity contribution in [3.8, 4) is 0 Å². The molecule has 24 heavy (non-hydrogen) atoms. The van der Waals surface area contributed by atoms with E-state index in [4.69, 9.17) is 9.47 Å². The molecule has 1 saturated carbocycles. The van der Waals surface area contributed by atoms with Gasteiger partial charge in [-0.2, -0.15) is 0 Å². The minimum atomic E-state index is -1.27. The molecule has 0 aliphatic heterocycles. The van der Waals surface area contributed by atoms with Crippen molar-refractivity contribution in [1.82, 2.24) is 0 Å². The van der Waals surface area contributed by atoms with E-state index < -0.39 is 22.8 Å². The molecule has 128 valence electrons. The van der Waals surface area contributed by atoms with Gasteiger partial charge in [0, 0.05) is 5.41 Å². The van der Waals surface area contributed by atoms with Crippen LogP contribution >= 0.6 is 0 Å². The van der Waals surface area contributed by atoms with Crippen LogP contribution in [-0.4, -0.2) is 26.2 Å². The standard InChI is InChI=1S/C20H24O4/c1-5-13-19(14-20(19,17(21)23-3)18(22)24-4)15(2)11-12-16-9-7-6-8-10-16/h6-12H,2,5,13-14H2,1,3-4H3/b12-11+. The van der Waals surface area contributed by atoms with Crippen LogP contribution in [0.4, 0.5) is 0 Å². The Morgan fingerprint density at radius 1 is 1.17 bits per heavy atom. The van der Waals surface area contributed by atoms with E-state index in [1.807, 2.05) is 49.4 Å². The molecule has 0 bridgehead atoms. The molecule has 0 aromatic heterocycles. The lowest BCUT2D eigenvalue weighted by Crippen LogP contribution is -2.35. The van der Waals surface area contributed by atoms with Crippen LogP contribution in [0.2, 0.25) is 0 Å². The van der Waals surface area contributed by atoms with E-state index in [0.717, 1.165) is 17.6 Å². The predicted octanol–water partition coefficient (Wildman–Crippen LogP) is 3.78. The number of carbonyl (C=O) groups is 2. The van der Waals surface area contributed by atoms with Crippen molar-refractivity contribution < 1.29 is 19.1 Å². The molecular weight excluding hydrogens is 304 g/mol. The topological polar surface area (TPSA) is 52.6 Å². The lowest BCUT2D eigenvalue weighted by Gasteiger charge is -2.23. The number of esters is 2. The van der Waals surface area contributed by atoms with Crippen LogP contribution < -0.4 is 0 Å². The van der Waals surface area contributed by atoms with Gasteiger partial charge in [-0.3, -0.25) is 9.59 Å². The maximum Gasteiger partial charge on any atom is 0.324 e. The molecular formula is C20H24O4. The lowest BCUT2D eigenvalue weighted by molar-refractivity contribution is -0.163. The SMILES string of the molecule is C=C(/C=C/c1ccccc1)C1(CCC)CC1(C(=O)OC)C(=O)OC. The lowest BCUT2D eigenvalue weighted by atomic mass is 9.82. The van der Waals surface area contributed by atoms with E-state index in [9.17, 15) is 9.59 Å². The average Bonchev–Trinajstić information content (AvgIpc) is 3.30. The Labute approximate surface area is 143 Å². The summed E-state index contributed by atoms with van der Waals surface area (Å²) in [6.07, 6.45) is 5.71. The number of ether oxygens (including phenoxy) is 2. The van der Waals surface area contributed by atoms with Gasteiger partial charge in [0.2, 0.25) is 0 Å². The minimum Gasteiger partial charge on any atom is -0.468 e. The molecule has 1 aliphatic carbocycles. The van der Waals surface area contributed by atoms with Gasteiger partial charge in [-0.25, -0.2) is 0 Å². The Hall–Kier alpha value is -2.36. The fourth-order valence-corrected chi connectivity index (χ4v) is 3.57. The second-order valence-corrected chi connectivity index (χ2v) is 6.17. The summed E-state index contributed by atoms with van der Waals surface area (Å²) in [5, 5.41) is 0. The first-order chi connectivity index (χ1) is 11.5. The molecule has 1 fully saturated rings. The van der Waals surface area contributed by atoms with E-state index >= 15 is 0 Å². The summed E-state index contributed by atoms with van der Waals surface area (Å²) >= 11 is 0. The van der Waals surface area contributed by atoms with Crippen molar-refractivity contribution in [3.05, 3.63) is 54.1 Å². The number of rotatable bonds is 7. The highest BCUT2D eigenvalue weighted by molar-refractivity contribution is 6.06. The van der Waals surface area contributed by atoms with Crippen molar-refractivity contribution in [3.63, 3.8) is 0 Å². The van der Waals surface area contributed by atoms with Gasteiger partial charge < -0.3 is 9.47 Å². The average molecular weight is 328 g/mol. The van der Waals surface area contributed by atoms with Crippen LogP contribution in [0.1, 0.15) is 31.7 Å². The van der Waals surface area contributed by atoms with Gasteiger partial charge in [0.1, 0.15) is 0 Å². The molecule has 2 rings (SSSR count). The van der Waals surface area contributed by atoms with Gasteiger partial charge in [-0.05, 0) is 24.0 Å². The summed E-state index contributed by atoms with van der Waals surface area (Å²) in [5.41, 5.74) is -0.116. The summed E-state index contributed by atoms with van der Waals surface area (Å²) in [6.45, 7) is 6.17. The third-order valence-electron chi connectivity index (χ3n) is 4.89. The molecule has 1 aliphatic rings.